The summed E-state index contributed by atoms with van der Waals surface area (Å²) >= 11 is 0. The first-order chi connectivity index (χ1) is 5.70. The maximum absolute atomic E-state index is 9.40. The van der Waals surface area contributed by atoms with Gasteiger partial charge in [-0.05, 0) is 6.42 Å². The van der Waals surface area contributed by atoms with Crippen LogP contribution in [0.5, 0.6) is 0 Å². The number of hydrogen-bond donors (Lipinski definition) is 3. The van der Waals surface area contributed by atoms with Gasteiger partial charge in [0.05, 0.1) is 12.7 Å². The summed E-state index contributed by atoms with van der Waals surface area (Å²) in [6.45, 7) is 1.74. The molecular formula is C8H16O4. The molecule has 1 saturated heterocycles. The molecule has 4 nitrogen and oxygen atoms in total. The lowest BCUT2D eigenvalue weighted by atomic mass is 10.1. The Balaban J connectivity index is 2.48. The maximum Gasteiger partial charge on any atom is 0.111 e. The van der Waals surface area contributed by atoms with E-state index >= 15 is 0 Å². The molecule has 1 rings (SSSR count). The average molecular weight is 176 g/mol. The van der Waals surface area contributed by atoms with E-state index in [1.807, 2.05) is 6.92 Å². The van der Waals surface area contributed by atoms with Crippen molar-refractivity contribution in [3.63, 3.8) is 0 Å². The summed E-state index contributed by atoms with van der Waals surface area (Å²) in [4.78, 5) is 0. The van der Waals surface area contributed by atoms with Gasteiger partial charge in [-0.2, -0.15) is 0 Å². The molecule has 0 amide bonds. The van der Waals surface area contributed by atoms with Gasteiger partial charge in [-0.1, -0.05) is 13.3 Å². The van der Waals surface area contributed by atoms with Crippen LogP contribution in [0.1, 0.15) is 19.8 Å². The van der Waals surface area contributed by atoms with Crippen molar-refractivity contribution in [2.24, 2.45) is 0 Å². The molecule has 0 radical (unpaired) electrons. The largest absolute Gasteiger partial charge is 0.394 e. The lowest BCUT2D eigenvalue weighted by molar-refractivity contribution is -0.0241. The molecule has 0 aromatic carbocycles. The summed E-state index contributed by atoms with van der Waals surface area (Å²) in [5.74, 6) is 0. The normalized spacial score (nSPS) is 42.0. The zero-order chi connectivity index (χ0) is 9.14. The number of aliphatic hydroxyl groups is 3. The molecule has 4 heteroatoms. The molecule has 0 saturated carbocycles. The van der Waals surface area contributed by atoms with E-state index in [9.17, 15) is 10.2 Å². The molecule has 3 N–H and O–H groups in total. The fraction of sp³-hybridized carbons (Fsp3) is 1.00. The van der Waals surface area contributed by atoms with Crippen molar-refractivity contribution in [2.45, 2.75) is 44.2 Å². The quantitative estimate of drug-likeness (QED) is 0.530. The van der Waals surface area contributed by atoms with Crippen molar-refractivity contribution in [1.29, 1.82) is 0 Å². The highest BCUT2D eigenvalue weighted by Gasteiger charge is 2.41. The first-order valence-corrected chi connectivity index (χ1v) is 4.33. The fourth-order valence-electron chi connectivity index (χ4n) is 1.50. The Bertz CT molecular complexity index is 139. The van der Waals surface area contributed by atoms with E-state index < -0.39 is 18.3 Å². The predicted molar refractivity (Wildman–Crippen MR) is 42.7 cm³/mol. The average Bonchev–Trinajstić information content (AvgIpc) is 2.33. The van der Waals surface area contributed by atoms with Crippen molar-refractivity contribution in [3.8, 4) is 0 Å². The number of aliphatic hydroxyl groups excluding tert-OH is 3. The second kappa shape index (κ2) is 4.18. The van der Waals surface area contributed by atoms with Crippen molar-refractivity contribution in [2.75, 3.05) is 6.61 Å². The smallest absolute Gasteiger partial charge is 0.111 e. The van der Waals surface area contributed by atoms with Crippen LogP contribution < -0.4 is 0 Å². The van der Waals surface area contributed by atoms with E-state index in [0.29, 0.717) is 6.42 Å². The third-order valence-electron chi connectivity index (χ3n) is 2.21. The van der Waals surface area contributed by atoms with Gasteiger partial charge in [0.1, 0.15) is 18.3 Å². The van der Waals surface area contributed by atoms with E-state index in [0.717, 1.165) is 6.42 Å². The molecule has 0 spiro atoms. The Morgan fingerprint density at radius 2 is 1.75 bits per heavy atom. The van der Waals surface area contributed by atoms with Gasteiger partial charge < -0.3 is 20.1 Å². The summed E-state index contributed by atoms with van der Waals surface area (Å²) < 4.78 is 5.23. The molecule has 0 bridgehead atoms. The highest BCUT2D eigenvalue weighted by molar-refractivity contribution is 4.89. The molecular weight excluding hydrogens is 160 g/mol. The summed E-state index contributed by atoms with van der Waals surface area (Å²) in [6, 6.07) is 0. The molecule has 1 aliphatic rings. The van der Waals surface area contributed by atoms with E-state index in [-0.39, 0.29) is 12.7 Å². The monoisotopic (exact) mass is 176 g/mol. The Morgan fingerprint density at radius 3 is 2.17 bits per heavy atom. The fourth-order valence-corrected chi connectivity index (χ4v) is 1.50. The lowest BCUT2D eigenvalue weighted by Crippen LogP contribution is -2.33. The van der Waals surface area contributed by atoms with Crippen LogP contribution in [-0.2, 0) is 4.74 Å². The van der Waals surface area contributed by atoms with Crippen LogP contribution >= 0.6 is 0 Å². The Morgan fingerprint density at radius 1 is 1.17 bits per heavy atom. The second-order valence-electron chi connectivity index (χ2n) is 3.17. The molecule has 0 unspecified atom stereocenters. The predicted octanol–water partition coefficient (Wildman–Crippen LogP) is -0.732. The summed E-state index contributed by atoms with van der Waals surface area (Å²) in [6.07, 6.45) is -1.10. The van der Waals surface area contributed by atoms with Gasteiger partial charge in [-0.15, -0.1) is 0 Å². The molecule has 72 valence electrons. The van der Waals surface area contributed by atoms with Crippen LogP contribution in [0.4, 0.5) is 0 Å². The highest BCUT2D eigenvalue weighted by Crippen LogP contribution is 2.23. The van der Waals surface area contributed by atoms with E-state index in [4.69, 9.17) is 9.84 Å². The van der Waals surface area contributed by atoms with Crippen LogP contribution in [0, 0.1) is 0 Å². The summed E-state index contributed by atoms with van der Waals surface area (Å²) in [7, 11) is 0. The number of rotatable bonds is 3. The topological polar surface area (TPSA) is 69.9 Å². The molecule has 0 aromatic heterocycles. The van der Waals surface area contributed by atoms with Gasteiger partial charge in [-0.3, -0.25) is 0 Å². The number of ether oxygens (including phenoxy) is 1. The van der Waals surface area contributed by atoms with Gasteiger partial charge in [0.15, 0.2) is 0 Å². The molecule has 4 atom stereocenters. The third-order valence-corrected chi connectivity index (χ3v) is 2.21. The third kappa shape index (κ3) is 1.77. The van der Waals surface area contributed by atoms with E-state index in [2.05, 4.69) is 0 Å². The van der Waals surface area contributed by atoms with Crippen LogP contribution in [-0.4, -0.2) is 46.3 Å². The zero-order valence-electron chi connectivity index (χ0n) is 7.18. The lowest BCUT2D eigenvalue weighted by Gasteiger charge is -2.12. The first kappa shape index (κ1) is 9.92. The van der Waals surface area contributed by atoms with Gasteiger partial charge in [0, 0.05) is 0 Å². The van der Waals surface area contributed by atoms with Crippen molar-refractivity contribution in [1.82, 2.24) is 0 Å². The minimum absolute atomic E-state index is 0.238. The van der Waals surface area contributed by atoms with Gasteiger partial charge in [-0.25, -0.2) is 0 Å². The van der Waals surface area contributed by atoms with E-state index in [1.165, 1.54) is 0 Å². The Labute approximate surface area is 71.8 Å². The number of hydrogen-bond acceptors (Lipinski definition) is 4. The van der Waals surface area contributed by atoms with E-state index in [1.54, 1.807) is 0 Å². The molecule has 1 heterocycles. The summed E-state index contributed by atoms with van der Waals surface area (Å²) in [5, 5.41) is 27.5. The van der Waals surface area contributed by atoms with Crippen LogP contribution in [0.3, 0.4) is 0 Å². The maximum atomic E-state index is 9.40. The Kier molecular flexibility index (Phi) is 3.46. The van der Waals surface area contributed by atoms with Gasteiger partial charge >= 0.3 is 0 Å². The molecule has 0 aliphatic carbocycles. The zero-order valence-corrected chi connectivity index (χ0v) is 7.18. The first-order valence-electron chi connectivity index (χ1n) is 4.33. The Hall–Kier alpha value is -0.160. The van der Waals surface area contributed by atoms with Crippen LogP contribution in [0.2, 0.25) is 0 Å². The van der Waals surface area contributed by atoms with Gasteiger partial charge in [0.2, 0.25) is 0 Å². The van der Waals surface area contributed by atoms with Crippen molar-refractivity contribution in [3.05, 3.63) is 0 Å². The molecule has 0 aromatic rings. The van der Waals surface area contributed by atoms with Crippen LogP contribution in [0.15, 0.2) is 0 Å². The second-order valence-corrected chi connectivity index (χ2v) is 3.17. The van der Waals surface area contributed by atoms with Crippen molar-refractivity contribution >= 4 is 0 Å². The molecule has 12 heavy (non-hydrogen) atoms. The van der Waals surface area contributed by atoms with Crippen LogP contribution in [0.25, 0.3) is 0 Å². The molecule has 1 aliphatic heterocycles. The minimum Gasteiger partial charge on any atom is -0.394 e. The van der Waals surface area contributed by atoms with Gasteiger partial charge in [0.25, 0.3) is 0 Å². The molecule has 1 fully saturated rings. The SMILES string of the molecule is CCC[C@H]1O[C@H](CO)[C@@H](O)[C@H]1O. The standard InChI is InChI=1S/C8H16O4/c1-2-3-5-7(10)8(11)6(4-9)12-5/h5-11H,2-4H2,1H3/t5-,6-,7+,8-/m1/s1. The highest BCUT2D eigenvalue weighted by atomic mass is 16.6. The minimum atomic E-state index is -0.938. The van der Waals surface area contributed by atoms with Crippen molar-refractivity contribution < 1.29 is 20.1 Å². The summed E-state index contributed by atoms with van der Waals surface area (Å²) in [5.41, 5.74) is 0.